The molecule has 2 N–H and O–H groups in total. The van der Waals surface area contributed by atoms with Crippen molar-refractivity contribution in [2.24, 2.45) is 0 Å². The molecule has 1 aromatic carbocycles. The predicted octanol–water partition coefficient (Wildman–Crippen LogP) is 3.29. The number of alkyl halides is 3. The van der Waals surface area contributed by atoms with Gasteiger partial charge in [0.25, 0.3) is 5.89 Å². The van der Waals surface area contributed by atoms with Gasteiger partial charge in [0.05, 0.1) is 12.2 Å². The summed E-state index contributed by atoms with van der Waals surface area (Å²) in [6.07, 6.45) is -2.96. The predicted molar refractivity (Wildman–Crippen MR) is 118 cm³/mol. The smallest absolute Gasteiger partial charge is 0.411 e. The Labute approximate surface area is 196 Å². The number of hydrogen-bond donors (Lipinski definition) is 1. The average Bonchev–Trinajstić information content (AvgIpc) is 3.34. The van der Waals surface area contributed by atoms with E-state index in [9.17, 15) is 13.2 Å². The molecular weight excluding hydrogens is 469 g/mol. The number of nitrogen functional groups attached to an aromatic ring is 1. The van der Waals surface area contributed by atoms with Crippen LogP contribution in [0.2, 0.25) is 0 Å². The number of rotatable bonds is 9. The SMILES string of the molecule is CN(c1ccccc1)c1nc(N)nc(-c2noc(-c3ccc(OCCOCC(F)(F)F)nc3)n2)n1. The van der Waals surface area contributed by atoms with Gasteiger partial charge in [-0.1, -0.05) is 23.4 Å². The van der Waals surface area contributed by atoms with Crippen LogP contribution in [0.25, 0.3) is 23.1 Å². The highest BCUT2D eigenvalue weighted by atomic mass is 19.4. The monoisotopic (exact) mass is 488 g/mol. The fourth-order valence-corrected chi connectivity index (χ4v) is 2.81. The quantitative estimate of drug-likeness (QED) is 0.347. The Morgan fingerprint density at radius 3 is 2.49 bits per heavy atom. The molecule has 11 nitrogen and oxygen atoms in total. The van der Waals surface area contributed by atoms with E-state index in [2.05, 4.69) is 34.8 Å². The molecule has 182 valence electrons. The van der Waals surface area contributed by atoms with Crippen molar-refractivity contribution in [1.29, 1.82) is 0 Å². The van der Waals surface area contributed by atoms with Gasteiger partial charge in [0, 0.05) is 25.0 Å². The van der Waals surface area contributed by atoms with Crippen molar-refractivity contribution >= 4 is 17.6 Å². The van der Waals surface area contributed by atoms with Gasteiger partial charge in [-0.3, -0.25) is 0 Å². The van der Waals surface area contributed by atoms with E-state index in [0.717, 1.165) is 5.69 Å². The molecule has 0 aliphatic heterocycles. The maximum atomic E-state index is 12.0. The molecule has 0 aliphatic carbocycles. The number of hydrogen-bond acceptors (Lipinski definition) is 11. The normalized spacial score (nSPS) is 11.4. The molecule has 0 amide bonds. The lowest BCUT2D eigenvalue weighted by Crippen LogP contribution is -2.19. The first kappa shape index (κ1) is 23.8. The van der Waals surface area contributed by atoms with Crippen molar-refractivity contribution in [3.05, 3.63) is 48.7 Å². The second-order valence-corrected chi connectivity index (χ2v) is 7.04. The zero-order valence-electron chi connectivity index (χ0n) is 18.3. The third-order valence-corrected chi connectivity index (χ3v) is 4.44. The molecule has 3 heterocycles. The van der Waals surface area contributed by atoms with Crippen LogP contribution in [0.1, 0.15) is 0 Å². The minimum absolute atomic E-state index is 0.0125. The Morgan fingerprint density at radius 2 is 1.77 bits per heavy atom. The Kier molecular flexibility index (Phi) is 7.01. The molecule has 4 aromatic rings. The van der Waals surface area contributed by atoms with Crippen LogP contribution in [-0.4, -0.2) is 63.1 Å². The van der Waals surface area contributed by atoms with Gasteiger partial charge in [0.1, 0.15) is 13.2 Å². The largest absolute Gasteiger partial charge is 0.475 e. The Bertz CT molecular complexity index is 1250. The Balaban J connectivity index is 1.42. The molecule has 0 atom stereocenters. The molecule has 4 rings (SSSR count). The van der Waals surface area contributed by atoms with Crippen molar-refractivity contribution in [3.63, 3.8) is 0 Å². The molecular formula is C21H19F3N8O3. The van der Waals surface area contributed by atoms with E-state index in [1.54, 1.807) is 18.0 Å². The molecule has 14 heteroatoms. The van der Waals surface area contributed by atoms with Crippen molar-refractivity contribution in [3.8, 4) is 29.0 Å². The van der Waals surface area contributed by atoms with Crippen molar-refractivity contribution in [2.75, 3.05) is 37.5 Å². The minimum Gasteiger partial charge on any atom is -0.475 e. The topological polar surface area (TPSA) is 138 Å². The lowest BCUT2D eigenvalue weighted by atomic mass is 10.3. The maximum Gasteiger partial charge on any atom is 0.411 e. The summed E-state index contributed by atoms with van der Waals surface area (Å²) >= 11 is 0. The fraction of sp³-hybridized carbons (Fsp3) is 0.238. The Morgan fingerprint density at radius 1 is 0.971 bits per heavy atom. The van der Waals surface area contributed by atoms with Crippen LogP contribution in [0.4, 0.5) is 30.8 Å². The lowest BCUT2D eigenvalue weighted by molar-refractivity contribution is -0.175. The van der Waals surface area contributed by atoms with Gasteiger partial charge in [-0.25, -0.2) is 4.98 Å². The highest BCUT2D eigenvalue weighted by Crippen LogP contribution is 2.24. The van der Waals surface area contributed by atoms with Crippen molar-refractivity contribution in [1.82, 2.24) is 30.1 Å². The summed E-state index contributed by atoms with van der Waals surface area (Å²) in [5.74, 6) is 0.845. The zero-order valence-corrected chi connectivity index (χ0v) is 18.3. The zero-order chi connectivity index (χ0) is 24.8. The van der Waals surface area contributed by atoms with Crippen LogP contribution in [0, 0.1) is 0 Å². The number of nitrogens with zero attached hydrogens (tertiary/aromatic N) is 7. The number of para-hydroxylation sites is 1. The third kappa shape index (κ3) is 6.38. The number of ether oxygens (including phenoxy) is 2. The standard InChI is InChI=1S/C21H19F3N8O3/c1-32(14-5-3-2-4-6-14)20-29-16(28-19(25)30-20)17-27-18(35-31-17)13-7-8-15(26-11-13)34-10-9-33-12-21(22,23)24/h2-8,11H,9-10,12H2,1H3,(H2,25,28,29,30). The third-order valence-electron chi connectivity index (χ3n) is 4.44. The van der Waals surface area contributed by atoms with Gasteiger partial charge >= 0.3 is 6.18 Å². The molecule has 0 unspecified atom stereocenters. The molecule has 0 bridgehead atoms. The van der Waals surface area contributed by atoms with Crippen LogP contribution < -0.4 is 15.4 Å². The first-order chi connectivity index (χ1) is 16.8. The lowest BCUT2D eigenvalue weighted by Gasteiger charge is -2.17. The van der Waals surface area contributed by atoms with E-state index >= 15 is 0 Å². The molecule has 0 radical (unpaired) electrons. The molecule has 0 aliphatic rings. The second kappa shape index (κ2) is 10.3. The van der Waals surface area contributed by atoms with Crippen LogP contribution in [-0.2, 0) is 4.74 Å². The maximum absolute atomic E-state index is 12.0. The first-order valence-corrected chi connectivity index (χ1v) is 10.2. The van der Waals surface area contributed by atoms with Gasteiger partial charge in [-0.15, -0.1) is 0 Å². The summed E-state index contributed by atoms with van der Waals surface area (Å²) < 4.78 is 51.2. The van der Waals surface area contributed by atoms with E-state index in [-0.39, 0.29) is 42.6 Å². The number of halogens is 3. The molecule has 3 aromatic heterocycles. The van der Waals surface area contributed by atoms with Gasteiger partial charge < -0.3 is 24.6 Å². The number of nitrogens with two attached hydrogens (primary N) is 1. The molecule has 35 heavy (non-hydrogen) atoms. The van der Waals surface area contributed by atoms with Crippen LogP contribution in [0.15, 0.2) is 53.2 Å². The fourth-order valence-electron chi connectivity index (χ4n) is 2.81. The highest BCUT2D eigenvalue weighted by molar-refractivity contribution is 5.60. The van der Waals surface area contributed by atoms with E-state index in [4.69, 9.17) is 15.0 Å². The van der Waals surface area contributed by atoms with Gasteiger partial charge in [-0.05, 0) is 18.2 Å². The number of benzene rings is 1. The summed E-state index contributed by atoms with van der Waals surface area (Å²) in [7, 11) is 1.79. The van der Waals surface area contributed by atoms with E-state index < -0.39 is 12.8 Å². The Hall–Kier alpha value is -4.33. The first-order valence-electron chi connectivity index (χ1n) is 10.2. The van der Waals surface area contributed by atoms with Gasteiger partial charge in [-0.2, -0.15) is 33.1 Å². The molecule has 0 saturated heterocycles. The summed E-state index contributed by atoms with van der Waals surface area (Å²) in [4.78, 5) is 22.7. The van der Waals surface area contributed by atoms with Crippen LogP contribution >= 0.6 is 0 Å². The van der Waals surface area contributed by atoms with Crippen molar-refractivity contribution in [2.45, 2.75) is 6.18 Å². The molecule has 0 fully saturated rings. The second-order valence-electron chi connectivity index (χ2n) is 7.04. The van der Waals surface area contributed by atoms with E-state index in [1.807, 2.05) is 30.3 Å². The van der Waals surface area contributed by atoms with Crippen LogP contribution in [0.5, 0.6) is 5.88 Å². The number of anilines is 3. The average molecular weight is 488 g/mol. The number of aromatic nitrogens is 6. The molecule has 0 spiro atoms. The van der Waals surface area contributed by atoms with Gasteiger partial charge in [0.15, 0.2) is 0 Å². The van der Waals surface area contributed by atoms with Crippen molar-refractivity contribution < 1.29 is 27.2 Å². The van der Waals surface area contributed by atoms with Gasteiger partial charge in [0.2, 0.25) is 29.4 Å². The van der Waals surface area contributed by atoms with Crippen LogP contribution in [0.3, 0.4) is 0 Å². The molecule has 0 saturated carbocycles. The summed E-state index contributed by atoms with van der Waals surface area (Å²) in [6, 6.07) is 12.6. The van der Waals surface area contributed by atoms with E-state index in [1.165, 1.54) is 12.3 Å². The highest BCUT2D eigenvalue weighted by Gasteiger charge is 2.27. The summed E-state index contributed by atoms with van der Waals surface area (Å²) in [6.45, 7) is -1.65. The number of pyridine rings is 1. The summed E-state index contributed by atoms with van der Waals surface area (Å²) in [5.41, 5.74) is 7.19. The van der Waals surface area contributed by atoms with E-state index in [0.29, 0.717) is 11.5 Å². The summed E-state index contributed by atoms with van der Waals surface area (Å²) in [5, 5.41) is 3.91. The minimum atomic E-state index is -4.38.